The molecule has 0 atom stereocenters. The quantitative estimate of drug-likeness (QED) is 0.477. The first-order valence-electron chi connectivity index (χ1n) is 6.44. The zero-order valence-electron chi connectivity index (χ0n) is 11.5. The van der Waals surface area contributed by atoms with Gasteiger partial charge in [-0.3, -0.25) is 5.43 Å². The van der Waals surface area contributed by atoms with Crippen LogP contribution >= 0.6 is 0 Å². The highest BCUT2D eigenvalue weighted by atomic mass is 16.5. The van der Waals surface area contributed by atoms with Gasteiger partial charge in [0, 0.05) is 7.11 Å². The molecule has 2 aromatic rings. The van der Waals surface area contributed by atoms with E-state index in [4.69, 9.17) is 9.47 Å². The third-order valence-corrected chi connectivity index (χ3v) is 2.60. The highest BCUT2D eigenvalue weighted by Crippen LogP contribution is 2.12. The predicted molar refractivity (Wildman–Crippen MR) is 81.5 cm³/mol. The average molecular weight is 270 g/mol. The van der Waals surface area contributed by atoms with Crippen LogP contribution in [0.2, 0.25) is 0 Å². The van der Waals surface area contributed by atoms with Crippen LogP contribution < -0.4 is 10.2 Å². The lowest BCUT2D eigenvalue weighted by Crippen LogP contribution is -2.04. The molecule has 0 amide bonds. The Hall–Kier alpha value is -2.33. The zero-order chi connectivity index (χ0) is 14.0. The monoisotopic (exact) mass is 270 g/mol. The third-order valence-electron chi connectivity index (χ3n) is 2.60. The second-order valence-electron chi connectivity index (χ2n) is 4.15. The summed E-state index contributed by atoms with van der Waals surface area (Å²) in [5.74, 6) is 0.811. The normalized spacial score (nSPS) is 10.7. The summed E-state index contributed by atoms with van der Waals surface area (Å²) in [5.41, 5.74) is 4.90. The van der Waals surface area contributed by atoms with E-state index in [-0.39, 0.29) is 0 Å². The van der Waals surface area contributed by atoms with E-state index in [1.165, 1.54) is 0 Å². The van der Waals surface area contributed by atoms with Crippen molar-refractivity contribution in [3.05, 3.63) is 60.2 Å². The summed E-state index contributed by atoms with van der Waals surface area (Å²) < 4.78 is 10.5. The van der Waals surface area contributed by atoms with Crippen LogP contribution in [0.15, 0.2) is 59.7 Å². The van der Waals surface area contributed by atoms with Gasteiger partial charge in [0.25, 0.3) is 0 Å². The Kier molecular flexibility index (Phi) is 5.61. The number of methoxy groups -OCH3 is 1. The van der Waals surface area contributed by atoms with E-state index < -0.39 is 0 Å². The van der Waals surface area contributed by atoms with Gasteiger partial charge in [-0.25, -0.2) is 0 Å². The number of rotatable bonds is 7. The molecule has 0 saturated heterocycles. The first-order chi connectivity index (χ1) is 9.88. The Labute approximate surface area is 119 Å². The molecule has 2 rings (SSSR count). The summed E-state index contributed by atoms with van der Waals surface area (Å²) in [6, 6.07) is 17.6. The summed E-state index contributed by atoms with van der Waals surface area (Å²) in [6.07, 6.45) is 1.76. The minimum Gasteiger partial charge on any atom is -0.491 e. The molecule has 104 valence electrons. The largest absolute Gasteiger partial charge is 0.491 e. The van der Waals surface area contributed by atoms with E-state index in [2.05, 4.69) is 10.5 Å². The van der Waals surface area contributed by atoms with Gasteiger partial charge in [-0.15, -0.1) is 0 Å². The van der Waals surface area contributed by atoms with Gasteiger partial charge in [0.05, 0.1) is 18.5 Å². The number of hydrazone groups is 1. The number of hydrogen-bond donors (Lipinski definition) is 1. The van der Waals surface area contributed by atoms with E-state index in [1.807, 2.05) is 54.6 Å². The second-order valence-corrected chi connectivity index (χ2v) is 4.15. The number of nitrogens with zero attached hydrogens (tertiary/aromatic N) is 1. The molecule has 0 fully saturated rings. The van der Waals surface area contributed by atoms with E-state index in [1.54, 1.807) is 13.3 Å². The molecule has 0 aliphatic carbocycles. The standard InChI is InChI=1S/C16H18N2O2/c1-19-10-11-20-16-9-5-6-14(12-16)13-17-18-15-7-3-2-4-8-15/h2-9,12-13,18H,10-11H2,1H3. The van der Waals surface area contributed by atoms with Crippen molar-refractivity contribution in [2.75, 3.05) is 25.7 Å². The van der Waals surface area contributed by atoms with Gasteiger partial charge in [0.15, 0.2) is 0 Å². The van der Waals surface area contributed by atoms with E-state index in [0.29, 0.717) is 13.2 Å². The van der Waals surface area contributed by atoms with Gasteiger partial charge in [-0.05, 0) is 29.8 Å². The highest BCUT2D eigenvalue weighted by Gasteiger charge is 1.95. The maximum absolute atomic E-state index is 5.54. The van der Waals surface area contributed by atoms with Gasteiger partial charge < -0.3 is 9.47 Å². The van der Waals surface area contributed by atoms with E-state index >= 15 is 0 Å². The topological polar surface area (TPSA) is 42.9 Å². The second kappa shape index (κ2) is 7.96. The highest BCUT2D eigenvalue weighted by molar-refractivity contribution is 5.80. The first-order valence-corrected chi connectivity index (χ1v) is 6.44. The Morgan fingerprint density at radius 3 is 2.70 bits per heavy atom. The van der Waals surface area contributed by atoms with Crippen molar-refractivity contribution in [2.24, 2.45) is 5.10 Å². The number of ether oxygens (including phenoxy) is 2. The summed E-state index contributed by atoms with van der Waals surface area (Å²) >= 11 is 0. The predicted octanol–water partition coefficient (Wildman–Crippen LogP) is 3.16. The fourth-order valence-electron chi connectivity index (χ4n) is 1.62. The number of hydrogen-bond acceptors (Lipinski definition) is 4. The maximum Gasteiger partial charge on any atom is 0.120 e. The van der Waals surface area contributed by atoms with Crippen molar-refractivity contribution in [1.82, 2.24) is 0 Å². The fraction of sp³-hybridized carbons (Fsp3) is 0.188. The lowest BCUT2D eigenvalue weighted by molar-refractivity contribution is 0.146. The van der Waals surface area contributed by atoms with Crippen molar-refractivity contribution in [3.8, 4) is 5.75 Å². The van der Waals surface area contributed by atoms with E-state index in [0.717, 1.165) is 17.0 Å². The van der Waals surface area contributed by atoms with Gasteiger partial charge >= 0.3 is 0 Å². The Morgan fingerprint density at radius 2 is 1.90 bits per heavy atom. The molecule has 4 nitrogen and oxygen atoms in total. The lowest BCUT2D eigenvalue weighted by Gasteiger charge is -2.05. The zero-order valence-corrected chi connectivity index (χ0v) is 11.5. The minimum absolute atomic E-state index is 0.541. The molecular weight excluding hydrogens is 252 g/mol. The van der Waals surface area contributed by atoms with Crippen LogP contribution in [0.5, 0.6) is 5.75 Å². The molecule has 0 aromatic heterocycles. The van der Waals surface area contributed by atoms with Crippen molar-refractivity contribution >= 4 is 11.9 Å². The Balaban J connectivity index is 1.90. The molecule has 0 aliphatic heterocycles. The van der Waals surface area contributed by atoms with Crippen LogP contribution in [0.4, 0.5) is 5.69 Å². The number of anilines is 1. The fourth-order valence-corrected chi connectivity index (χ4v) is 1.62. The first kappa shape index (κ1) is 14.1. The number of nitrogens with one attached hydrogen (secondary N) is 1. The molecule has 4 heteroatoms. The van der Waals surface area contributed by atoms with Crippen molar-refractivity contribution in [3.63, 3.8) is 0 Å². The molecule has 2 aromatic carbocycles. The minimum atomic E-state index is 0.541. The Morgan fingerprint density at radius 1 is 1.05 bits per heavy atom. The summed E-state index contributed by atoms with van der Waals surface area (Å²) in [5, 5.41) is 4.19. The Bertz CT molecular complexity index is 541. The van der Waals surface area contributed by atoms with Crippen LogP contribution in [0.25, 0.3) is 0 Å². The van der Waals surface area contributed by atoms with Gasteiger partial charge in [0.2, 0.25) is 0 Å². The molecule has 0 radical (unpaired) electrons. The van der Waals surface area contributed by atoms with Crippen molar-refractivity contribution in [2.45, 2.75) is 0 Å². The molecule has 1 N–H and O–H groups in total. The van der Waals surface area contributed by atoms with Crippen LogP contribution in [-0.4, -0.2) is 26.5 Å². The summed E-state index contributed by atoms with van der Waals surface area (Å²) in [6.45, 7) is 1.12. The summed E-state index contributed by atoms with van der Waals surface area (Å²) in [7, 11) is 1.65. The average Bonchev–Trinajstić information content (AvgIpc) is 2.49. The molecule has 20 heavy (non-hydrogen) atoms. The number of benzene rings is 2. The van der Waals surface area contributed by atoms with Crippen LogP contribution in [0.3, 0.4) is 0 Å². The van der Waals surface area contributed by atoms with E-state index in [9.17, 15) is 0 Å². The molecule has 0 bridgehead atoms. The van der Waals surface area contributed by atoms with Crippen molar-refractivity contribution < 1.29 is 9.47 Å². The summed E-state index contributed by atoms with van der Waals surface area (Å²) in [4.78, 5) is 0. The van der Waals surface area contributed by atoms with Gasteiger partial charge in [-0.2, -0.15) is 5.10 Å². The number of para-hydroxylation sites is 1. The molecule has 0 saturated carbocycles. The van der Waals surface area contributed by atoms with Crippen LogP contribution in [0, 0.1) is 0 Å². The van der Waals surface area contributed by atoms with Gasteiger partial charge in [-0.1, -0.05) is 30.3 Å². The molecule has 0 heterocycles. The maximum atomic E-state index is 5.54. The third kappa shape index (κ3) is 4.74. The molecule has 0 spiro atoms. The molecular formula is C16H18N2O2. The SMILES string of the molecule is COCCOc1cccc(C=NNc2ccccc2)c1. The van der Waals surface area contributed by atoms with Gasteiger partial charge in [0.1, 0.15) is 12.4 Å². The van der Waals surface area contributed by atoms with Crippen molar-refractivity contribution in [1.29, 1.82) is 0 Å². The van der Waals surface area contributed by atoms with Crippen LogP contribution in [-0.2, 0) is 4.74 Å². The van der Waals surface area contributed by atoms with Crippen LogP contribution in [0.1, 0.15) is 5.56 Å². The molecule has 0 unspecified atom stereocenters. The lowest BCUT2D eigenvalue weighted by atomic mass is 10.2. The smallest absolute Gasteiger partial charge is 0.120 e. The molecule has 0 aliphatic rings.